The number of ether oxygens (including phenoxy) is 2. The Morgan fingerprint density at radius 1 is 1.00 bits per heavy atom. The summed E-state index contributed by atoms with van der Waals surface area (Å²) in [5.74, 6) is 0. The first-order valence-electron chi connectivity index (χ1n) is 5.45. The van der Waals surface area contributed by atoms with E-state index in [4.69, 9.17) is 0 Å². The van der Waals surface area contributed by atoms with Crippen LogP contribution in [0, 0.1) is 0 Å². The van der Waals surface area contributed by atoms with Crippen LogP contribution in [0.25, 0.3) is 0 Å². The van der Waals surface area contributed by atoms with Crippen molar-refractivity contribution in [2.45, 2.75) is 13.8 Å². The number of hydrogen-bond acceptors (Lipinski definition) is 4. The van der Waals surface area contributed by atoms with E-state index in [2.05, 4.69) is 83.4 Å². The molecule has 0 saturated carbocycles. The van der Waals surface area contributed by atoms with Gasteiger partial charge in [-0.25, -0.2) is 0 Å². The zero-order valence-electron chi connectivity index (χ0n) is 10.9. The summed E-state index contributed by atoms with van der Waals surface area (Å²) in [6.45, 7) is 4.95. The van der Waals surface area contributed by atoms with E-state index in [0.29, 0.717) is 22.0 Å². The predicted octanol–water partition coefficient (Wildman–Crippen LogP) is 2.42. The second-order valence-electron chi connectivity index (χ2n) is 2.81. The molecule has 1 aromatic rings. The zero-order chi connectivity index (χ0) is 15.1. The third-order valence-corrected chi connectivity index (χ3v) is 2.64. The van der Waals surface area contributed by atoms with E-state index in [1.807, 2.05) is 19.9 Å². The van der Waals surface area contributed by atoms with E-state index in [0.717, 1.165) is 0 Å². The van der Waals surface area contributed by atoms with Crippen LogP contribution in [0.1, 0.15) is 13.8 Å². The molecule has 7 heteroatoms. The topological polar surface area (TPSA) is 18.5 Å². The Hall–Kier alpha value is 0.258. The van der Waals surface area contributed by atoms with E-state index in [-0.39, 0.29) is 0 Å². The van der Waals surface area contributed by atoms with Crippen LogP contribution in [0.15, 0.2) is 30.3 Å². The quantitative estimate of drug-likeness (QED) is 0.453. The molecular formula is C12H19AsO2S4. The molecule has 0 radical (unpaired) electrons. The monoisotopic (exact) mass is 398 g/mol. The van der Waals surface area contributed by atoms with Crippen molar-refractivity contribution in [3.8, 4) is 0 Å². The van der Waals surface area contributed by atoms with Crippen molar-refractivity contribution >= 4 is 79.7 Å². The van der Waals surface area contributed by atoms with Crippen LogP contribution in [-0.2, 0) is 9.47 Å². The van der Waals surface area contributed by atoms with Gasteiger partial charge in [0.25, 0.3) is 0 Å². The van der Waals surface area contributed by atoms with Gasteiger partial charge in [-0.3, -0.25) is 0 Å². The van der Waals surface area contributed by atoms with Gasteiger partial charge in [-0.15, -0.1) is 0 Å². The molecule has 0 aromatic heterocycles. The minimum absolute atomic E-state index is 0.317. The van der Waals surface area contributed by atoms with Gasteiger partial charge in [0, 0.05) is 0 Å². The van der Waals surface area contributed by atoms with Crippen molar-refractivity contribution in [1.29, 1.82) is 0 Å². The predicted molar refractivity (Wildman–Crippen MR) is 101 cm³/mol. The number of rotatable bonds is 2. The standard InChI is InChI=1S/C6H7As.2C3H6OS2/c7-6-4-2-1-3-5-6;2*1-2-4-3(5)6/h1-5H,7H2;2*2H2,1H3,(H,5,6). The Labute approximate surface area is 146 Å². The van der Waals surface area contributed by atoms with Gasteiger partial charge in [-0.2, -0.15) is 0 Å². The molecule has 19 heavy (non-hydrogen) atoms. The fourth-order valence-corrected chi connectivity index (χ4v) is 1.66. The maximum absolute atomic E-state index is 4.64. The Morgan fingerprint density at radius 2 is 1.37 bits per heavy atom. The van der Waals surface area contributed by atoms with E-state index < -0.39 is 0 Å². The van der Waals surface area contributed by atoms with Crippen LogP contribution < -0.4 is 4.35 Å². The molecule has 108 valence electrons. The van der Waals surface area contributed by atoms with E-state index >= 15 is 0 Å². The molecule has 2 nitrogen and oxygen atoms in total. The number of benzene rings is 1. The molecule has 0 spiro atoms. The van der Waals surface area contributed by atoms with Gasteiger partial charge in [0.2, 0.25) is 8.77 Å². The minimum atomic E-state index is 0.317. The first-order chi connectivity index (χ1) is 8.93. The third kappa shape index (κ3) is 23.7. The van der Waals surface area contributed by atoms with Gasteiger partial charge in [0.05, 0.1) is 13.2 Å². The normalized spacial score (nSPS) is 8.05. The average Bonchev–Trinajstić information content (AvgIpc) is 2.31. The van der Waals surface area contributed by atoms with Gasteiger partial charge in [0.1, 0.15) is 0 Å². The fraction of sp³-hybridized carbons (Fsp3) is 0.333. The van der Waals surface area contributed by atoms with Gasteiger partial charge >= 0.3 is 51.5 Å². The van der Waals surface area contributed by atoms with Crippen molar-refractivity contribution in [1.82, 2.24) is 0 Å². The van der Waals surface area contributed by atoms with Crippen molar-refractivity contribution < 1.29 is 9.47 Å². The summed E-state index contributed by atoms with van der Waals surface area (Å²) in [5.41, 5.74) is 0. The molecule has 0 saturated heterocycles. The van der Waals surface area contributed by atoms with Crippen LogP contribution >= 0.6 is 49.7 Å². The average molecular weight is 398 g/mol. The molecule has 1 rings (SSSR count). The van der Waals surface area contributed by atoms with Crippen LogP contribution in [-0.4, -0.2) is 38.8 Å². The molecule has 0 bridgehead atoms. The maximum atomic E-state index is 4.64. The summed E-state index contributed by atoms with van der Waals surface area (Å²) >= 11 is 17.9. The molecule has 1 atom stereocenters. The fourth-order valence-electron chi connectivity index (χ4n) is 0.700. The van der Waals surface area contributed by atoms with Gasteiger partial charge in [-0.1, -0.05) is 25.3 Å². The number of hydrogen-bond donors (Lipinski definition) is 2. The first-order valence-corrected chi connectivity index (χ1v) is 8.38. The molecule has 0 aliphatic carbocycles. The van der Waals surface area contributed by atoms with Gasteiger partial charge in [0.15, 0.2) is 0 Å². The van der Waals surface area contributed by atoms with Crippen molar-refractivity contribution in [2.24, 2.45) is 0 Å². The SMILES string of the molecule is CCOC(=S)S.CCOC(=S)S.[AsH2]c1ccccc1. The molecule has 0 aliphatic rings. The molecule has 0 aliphatic heterocycles. The van der Waals surface area contributed by atoms with E-state index in [9.17, 15) is 0 Å². The molecule has 0 N–H and O–H groups in total. The van der Waals surface area contributed by atoms with Crippen LogP contribution in [0.2, 0.25) is 0 Å². The summed E-state index contributed by atoms with van der Waals surface area (Å²) in [6, 6.07) is 10.4. The number of thiocarbonyl (C=S) groups is 2. The van der Waals surface area contributed by atoms with Gasteiger partial charge < -0.3 is 9.47 Å². The summed E-state index contributed by atoms with van der Waals surface area (Å²) in [4.78, 5) is 0. The Morgan fingerprint density at radius 3 is 1.47 bits per heavy atom. The zero-order valence-corrected chi connectivity index (χ0v) is 16.8. The molecule has 0 fully saturated rings. The molecule has 0 heterocycles. The second-order valence-corrected chi connectivity index (χ2v) is 6.37. The Kier molecular flexibility index (Phi) is 18.5. The van der Waals surface area contributed by atoms with E-state index in [1.54, 1.807) is 16.9 Å². The molecular weight excluding hydrogens is 379 g/mol. The summed E-state index contributed by atoms with van der Waals surface area (Å²) in [6.07, 6.45) is 0. The third-order valence-electron chi connectivity index (χ3n) is 1.34. The van der Waals surface area contributed by atoms with Crippen LogP contribution in [0.3, 0.4) is 0 Å². The van der Waals surface area contributed by atoms with Crippen LogP contribution in [0.4, 0.5) is 0 Å². The number of thiol groups is 2. The molecule has 1 aromatic carbocycles. The Balaban J connectivity index is 0. The van der Waals surface area contributed by atoms with Crippen LogP contribution in [0.5, 0.6) is 0 Å². The second kappa shape index (κ2) is 16.3. The molecule has 1 unspecified atom stereocenters. The summed E-state index contributed by atoms with van der Waals surface area (Å²) in [7, 11) is 0. The Bertz CT molecular complexity index is 331. The first kappa shape index (κ1) is 21.6. The van der Waals surface area contributed by atoms with E-state index in [1.165, 1.54) is 4.35 Å². The van der Waals surface area contributed by atoms with Gasteiger partial charge in [-0.05, 0) is 38.3 Å². The summed E-state index contributed by atoms with van der Waals surface area (Å²) < 4.78 is 11.3. The van der Waals surface area contributed by atoms with Crippen molar-refractivity contribution in [3.05, 3.63) is 30.3 Å². The molecule has 0 amide bonds. The van der Waals surface area contributed by atoms with Crippen molar-refractivity contribution in [3.63, 3.8) is 0 Å². The summed E-state index contributed by atoms with van der Waals surface area (Å²) in [5, 5.41) is 0. The van der Waals surface area contributed by atoms with Crippen molar-refractivity contribution in [2.75, 3.05) is 13.2 Å².